The Morgan fingerprint density at radius 2 is 2.32 bits per heavy atom. The van der Waals surface area contributed by atoms with E-state index in [0.717, 1.165) is 25.2 Å². The van der Waals surface area contributed by atoms with Crippen molar-refractivity contribution in [3.8, 4) is 5.75 Å². The van der Waals surface area contributed by atoms with Crippen LogP contribution in [0.15, 0.2) is 36.0 Å². The molecule has 1 aromatic heterocycles. The Kier molecular flexibility index (Phi) is 5.36. The molecular weight excluding hydrogens is 256 g/mol. The van der Waals surface area contributed by atoms with Crippen LogP contribution in [0.25, 0.3) is 0 Å². The number of rotatable bonds is 7. The molecule has 0 aliphatic heterocycles. The lowest BCUT2D eigenvalue weighted by atomic mass is 10.1. The highest BCUT2D eigenvalue weighted by Crippen LogP contribution is 2.14. The summed E-state index contributed by atoms with van der Waals surface area (Å²) in [5, 5.41) is 3.34. The van der Waals surface area contributed by atoms with E-state index >= 15 is 0 Å². The smallest absolute Gasteiger partial charge is 0.119 e. The van der Waals surface area contributed by atoms with Gasteiger partial charge in [0.05, 0.1) is 12.1 Å². The number of aromatic nitrogens is 1. The van der Waals surface area contributed by atoms with Crippen molar-refractivity contribution in [2.45, 2.75) is 25.8 Å². The lowest BCUT2D eigenvalue weighted by molar-refractivity contribution is 0.288. The van der Waals surface area contributed by atoms with Gasteiger partial charge in [-0.3, -0.25) is 4.98 Å². The Morgan fingerprint density at radius 3 is 3.00 bits per heavy atom. The van der Waals surface area contributed by atoms with Gasteiger partial charge in [0.2, 0.25) is 0 Å². The lowest BCUT2D eigenvalue weighted by Crippen LogP contribution is -2.29. The van der Waals surface area contributed by atoms with Gasteiger partial charge >= 0.3 is 0 Å². The van der Waals surface area contributed by atoms with Gasteiger partial charge in [-0.15, -0.1) is 11.3 Å². The molecule has 0 radical (unpaired) electrons. The van der Waals surface area contributed by atoms with Gasteiger partial charge in [0.15, 0.2) is 0 Å². The second-order valence-electron chi connectivity index (χ2n) is 4.61. The van der Waals surface area contributed by atoms with Gasteiger partial charge in [0, 0.05) is 17.1 Å². The van der Waals surface area contributed by atoms with Crippen LogP contribution in [0.5, 0.6) is 5.75 Å². The molecule has 0 aliphatic rings. The molecule has 3 nitrogen and oxygen atoms in total. The molecular formula is C15H20N2OS. The van der Waals surface area contributed by atoms with E-state index in [4.69, 9.17) is 4.74 Å². The van der Waals surface area contributed by atoms with Crippen molar-refractivity contribution < 1.29 is 4.74 Å². The Hall–Kier alpha value is -1.39. The van der Waals surface area contributed by atoms with Crippen LogP contribution in [0, 0.1) is 6.92 Å². The Labute approximate surface area is 118 Å². The maximum absolute atomic E-state index is 5.79. The van der Waals surface area contributed by atoms with Crippen LogP contribution in [0.4, 0.5) is 0 Å². The molecule has 0 aliphatic carbocycles. The van der Waals surface area contributed by atoms with Gasteiger partial charge in [-0.25, -0.2) is 0 Å². The molecule has 1 N–H and O–H groups in total. The van der Waals surface area contributed by atoms with Gasteiger partial charge in [-0.1, -0.05) is 12.1 Å². The number of aryl methyl sites for hydroxylation is 1. The molecule has 1 aromatic carbocycles. The average Bonchev–Trinajstić information content (AvgIpc) is 2.90. The van der Waals surface area contributed by atoms with Crippen LogP contribution in [-0.2, 0) is 6.42 Å². The maximum atomic E-state index is 5.79. The molecule has 0 saturated heterocycles. The normalized spacial score (nSPS) is 12.3. The first-order chi connectivity index (χ1) is 9.28. The Bertz CT molecular complexity index is 485. The van der Waals surface area contributed by atoms with E-state index in [-0.39, 0.29) is 0 Å². The maximum Gasteiger partial charge on any atom is 0.119 e. The molecule has 0 amide bonds. The summed E-state index contributed by atoms with van der Waals surface area (Å²) >= 11 is 1.71. The van der Waals surface area contributed by atoms with Crippen LogP contribution in [0.2, 0.25) is 0 Å². The third kappa shape index (κ3) is 4.65. The SMILES string of the molecule is CNC(CCOc1cccc(C)c1)Cc1cncs1. The summed E-state index contributed by atoms with van der Waals surface area (Å²) in [7, 11) is 2.00. The molecule has 0 saturated carbocycles. The minimum atomic E-state index is 0.435. The largest absolute Gasteiger partial charge is 0.494 e. The van der Waals surface area contributed by atoms with Crippen molar-refractivity contribution in [1.82, 2.24) is 10.3 Å². The van der Waals surface area contributed by atoms with Crippen LogP contribution >= 0.6 is 11.3 Å². The standard InChI is InChI=1S/C15H20N2OS/c1-12-4-3-5-14(8-12)18-7-6-13(16-2)9-15-10-17-11-19-15/h3-5,8,10-11,13,16H,6-7,9H2,1-2H3. The van der Waals surface area contributed by atoms with E-state index in [0.29, 0.717) is 6.04 Å². The van der Waals surface area contributed by atoms with Gasteiger partial charge in [0.1, 0.15) is 5.75 Å². The third-order valence-electron chi connectivity index (χ3n) is 3.06. The molecule has 4 heteroatoms. The highest BCUT2D eigenvalue weighted by molar-refractivity contribution is 7.09. The quantitative estimate of drug-likeness (QED) is 0.844. The van der Waals surface area contributed by atoms with E-state index in [2.05, 4.69) is 29.4 Å². The summed E-state index contributed by atoms with van der Waals surface area (Å²) < 4.78 is 5.79. The first-order valence-corrected chi connectivity index (χ1v) is 7.40. The van der Waals surface area contributed by atoms with Crippen molar-refractivity contribution in [2.24, 2.45) is 0 Å². The molecule has 0 bridgehead atoms. The molecule has 1 atom stereocenters. The summed E-state index contributed by atoms with van der Waals surface area (Å²) in [6.07, 6.45) is 3.94. The predicted molar refractivity (Wildman–Crippen MR) is 80.0 cm³/mol. The topological polar surface area (TPSA) is 34.1 Å². The van der Waals surface area contributed by atoms with Crippen LogP contribution < -0.4 is 10.1 Å². The van der Waals surface area contributed by atoms with Crippen molar-refractivity contribution in [3.63, 3.8) is 0 Å². The van der Waals surface area contributed by atoms with Crippen molar-refractivity contribution in [2.75, 3.05) is 13.7 Å². The van der Waals surface area contributed by atoms with Crippen molar-refractivity contribution >= 4 is 11.3 Å². The fraction of sp³-hybridized carbons (Fsp3) is 0.400. The van der Waals surface area contributed by atoms with E-state index in [1.54, 1.807) is 11.3 Å². The summed E-state index contributed by atoms with van der Waals surface area (Å²) in [5.74, 6) is 0.952. The Balaban J connectivity index is 1.77. The number of nitrogens with one attached hydrogen (secondary N) is 1. The number of nitrogens with zero attached hydrogens (tertiary/aromatic N) is 1. The summed E-state index contributed by atoms with van der Waals surface area (Å²) in [5.41, 5.74) is 3.11. The molecule has 19 heavy (non-hydrogen) atoms. The fourth-order valence-corrected chi connectivity index (χ4v) is 2.63. The van der Waals surface area contributed by atoms with E-state index < -0.39 is 0 Å². The molecule has 0 spiro atoms. The molecule has 1 heterocycles. The first-order valence-electron chi connectivity index (χ1n) is 6.52. The average molecular weight is 276 g/mol. The highest BCUT2D eigenvalue weighted by Gasteiger charge is 2.08. The predicted octanol–water partition coefficient (Wildman–Crippen LogP) is 3.05. The highest BCUT2D eigenvalue weighted by atomic mass is 32.1. The van der Waals surface area contributed by atoms with Gasteiger partial charge in [-0.05, 0) is 44.5 Å². The number of hydrogen-bond acceptors (Lipinski definition) is 4. The van der Waals surface area contributed by atoms with Crippen molar-refractivity contribution in [1.29, 1.82) is 0 Å². The van der Waals surface area contributed by atoms with E-state index in [1.807, 2.05) is 30.9 Å². The Morgan fingerprint density at radius 1 is 1.42 bits per heavy atom. The minimum absolute atomic E-state index is 0.435. The third-order valence-corrected chi connectivity index (χ3v) is 3.87. The zero-order valence-electron chi connectivity index (χ0n) is 11.4. The molecule has 2 rings (SSSR count). The summed E-state index contributed by atoms with van der Waals surface area (Å²) in [6.45, 7) is 2.81. The van der Waals surface area contributed by atoms with Gasteiger partial charge in [0.25, 0.3) is 0 Å². The number of thiazole rings is 1. The number of hydrogen-bond donors (Lipinski definition) is 1. The second kappa shape index (κ2) is 7.26. The van der Waals surface area contributed by atoms with Crippen LogP contribution in [-0.4, -0.2) is 24.7 Å². The minimum Gasteiger partial charge on any atom is -0.494 e. The first kappa shape index (κ1) is 14.0. The van der Waals surface area contributed by atoms with Gasteiger partial charge < -0.3 is 10.1 Å². The monoisotopic (exact) mass is 276 g/mol. The zero-order valence-corrected chi connectivity index (χ0v) is 12.2. The number of benzene rings is 1. The molecule has 0 fully saturated rings. The number of ether oxygens (including phenoxy) is 1. The lowest BCUT2D eigenvalue weighted by Gasteiger charge is -2.15. The van der Waals surface area contributed by atoms with Gasteiger partial charge in [-0.2, -0.15) is 0 Å². The summed E-state index contributed by atoms with van der Waals surface area (Å²) in [6, 6.07) is 8.61. The molecule has 1 unspecified atom stereocenters. The number of likely N-dealkylation sites (N-methyl/N-ethyl adjacent to an activating group) is 1. The fourth-order valence-electron chi connectivity index (χ4n) is 1.96. The second-order valence-corrected chi connectivity index (χ2v) is 5.58. The molecule has 102 valence electrons. The zero-order chi connectivity index (χ0) is 13.5. The van der Waals surface area contributed by atoms with Crippen molar-refractivity contribution in [3.05, 3.63) is 46.4 Å². The van der Waals surface area contributed by atoms with Crippen LogP contribution in [0.1, 0.15) is 16.9 Å². The van der Waals surface area contributed by atoms with Crippen LogP contribution in [0.3, 0.4) is 0 Å². The summed E-state index contributed by atoms with van der Waals surface area (Å²) in [4.78, 5) is 5.42. The van der Waals surface area contributed by atoms with E-state index in [9.17, 15) is 0 Å². The molecule has 2 aromatic rings. The van der Waals surface area contributed by atoms with E-state index in [1.165, 1.54) is 10.4 Å².